The van der Waals surface area contributed by atoms with Crippen molar-refractivity contribution in [2.24, 2.45) is 0 Å². The van der Waals surface area contributed by atoms with Crippen LogP contribution < -0.4 is 10.1 Å². The van der Waals surface area contributed by atoms with Crippen LogP contribution in [-0.4, -0.2) is 55.5 Å². The van der Waals surface area contributed by atoms with Gasteiger partial charge in [-0.05, 0) is 31.0 Å². The predicted molar refractivity (Wildman–Crippen MR) is 105 cm³/mol. The number of nitrogens with zero attached hydrogens (tertiary/aromatic N) is 3. The number of nitrogens with one attached hydrogen (secondary N) is 1. The molecule has 3 aromatic rings. The average Bonchev–Trinajstić information content (AvgIpc) is 3.26. The number of ether oxygens (including phenoxy) is 1. The zero-order chi connectivity index (χ0) is 20.1. The lowest BCUT2D eigenvalue weighted by molar-refractivity contribution is -0.0165. The Bertz CT molecular complexity index is 1100. The number of amides is 1. The highest BCUT2D eigenvalue weighted by atomic mass is 16.5. The van der Waals surface area contributed by atoms with Crippen molar-refractivity contribution in [1.29, 1.82) is 0 Å². The highest BCUT2D eigenvalue weighted by Crippen LogP contribution is 2.37. The van der Waals surface area contributed by atoms with Crippen molar-refractivity contribution in [3.05, 3.63) is 53.6 Å². The highest BCUT2D eigenvalue weighted by molar-refractivity contribution is 5.99. The van der Waals surface area contributed by atoms with Crippen LogP contribution in [0, 0.1) is 6.92 Å². The molecule has 1 fully saturated rings. The van der Waals surface area contributed by atoms with Gasteiger partial charge in [-0.25, -0.2) is 9.97 Å². The molecule has 3 heterocycles. The number of aliphatic hydroxyl groups excluding tert-OH is 2. The van der Waals surface area contributed by atoms with Crippen molar-refractivity contribution in [3.8, 4) is 5.75 Å². The van der Waals surface area contributed by atoms with E-state index in [0.717, 1.165) is 23.1 Å². The molecule has 29 heavy (non-hydrogen) atoms. The molecule has 3 N–H and O–H groups in total. The first-order valence-electron chi connectivity index (χ1n) is 9.75. The number of fused-ring (bicyclic) bond motifs is 2. The SMILES string of the molecule is Cc1ncnc2c1ccn2C1C[C@H](Oc2cccc3c2C(=O)NCC3)[C@@H](O)[C@H]1O. The summed E-state index contributed by atoms with van der Waals surface area (Å²) in [5, 5.41) is 25.1. The van der Waals surface area contributed by atoms with Crippen molar-refractivity contribution < 1.29 is 19.7 Å². The summed E-state index contributed by atoms with van der Waals surface area (Å²) in [4.78, 5) is 20.9. The summed E-state index contributed by atoms with van der Waals surface area (Å²) in [5.41, 5.74) is 3.01. The van der Waals surface area contributed by atoms with Gasteiger partial charge in [-0.3, -0.25) is 4.79 Å². The van der Waals surface area contributed by atoms with Gasteiger partial charge in [0.25, 0.3) is 5.91 Å². The van der Waals surface area contributed by atoms with Gasteiger partial charge in [0.05, 0.1) is 17.3 Å². The van der Waals surface area contributed by atoms with E-state index in [1.807, 2.05) is 35.9 Å². The Balaban J connectivity index is 1.45. The topological polar surface area (TPSA) is 110 Å². The molecule has 0 radical (unpaired) electrons. The van der Waals surface area contributed by atoms with Crippen LogP contribution in [0.5, 0.6) is 5.75 Å². The van der Waals surface area contributed by atoms with Crippen LogP contribution in [0.25, 0.3) is 11.0 Å². The van der Waals surface area contributed by atoms with Gasteiger partial charge in [0.15, 0.2) is 0 Å². The molecule has 8 nitrogen and oxygen atoms in total. The minimum Gasteiger partial charge on any atom is -0.487 e. The molecule has 5 rings (SSSR count). The number of aryl methyl sites for hydroxylation is 1. The van der Waals surface area contributed by atoms with E-state index < -0.39 is 24.4 Å². The number of carbonyl (C=O) groups excluding carboxylic acids is 1. The number of hydrogen-bond acceptors (Lipinski definition) is 6. The van der Waals surface area contributed by atoms with Gasteiger partial charge < -0.3 is 24.8 Å². The Morgan fingerprint density at radius 3 is 2.93 bits per heavy atom. The van der Waals surface area contributed by atoms with E-state index in [-0.39, 0.29) is 5.91 Å². The maximum absolute atomic E-state index is 12.3. The molecule has 0 spiro atoms. The van der Waals surface area contributed by atoms with Gasteiger partial charge in [0.2, 0.25) is 0 Å². The summed E-state index contributed by atoms with van der Waals surface area (Å²) < 4.78 is 7.94. The first-order chi connectivity index (χ1) is 14.0. The monoisotopic (exact) mass is 394 g/mol. The third-order valence-electron chi connectivity index (χ3n) is 5.96. The lowest BCUT2D eigenvalue weighted by Gasteiger charge is -2.23. The second-order valence-electron chi connectivity index (χ2n) is 7.66. The van der Waals surface area contributed by atoms with Crippen molar-refractivity contribution in [2.75, 3.05) is 6.54 Å². The standard InChI is InChI=1S/C21H22N4O4/c1-11-13-6-8-25(20(13)24-10-23-11)14-9-16(19(27)18(14)26)29-15-4-2-3-12-5-7-22-21(28)17(12)15/h2-4,6,8,10,14,16,18-19,26-27H,5,7,9H2,1H3,(H,22,28)/t14?,16-,18-,19+/m0/s1. The minimum absolute atomic E-state index is 0.171. The zero-order valence-electron chi connectivity index (χ0n) is 15.9. The first kappa shape index (κ1) is 18.1. The molecular formula is C21H22N4O4. The number of aliphatic hydroxyl groups is 2. The summed E-state index contributed by atoms with van der Waals surface area (Å²) in [6.07, 6.45) is 1.74. The summed E-state index contributed by atoms with van der Waals surface area (Å²) in [7, 11) is 0. The third kappa shape index (κ3) is 2.87. The number of hydrogen-bond donors (Lipinski definition) is 3. The average molecular weight is 394 g/mol. The van der Waals surface area contributed by atoms with E-state index in [4.69, 9.17) is 4.74 Å². The van der Waals surface area contributed by atoms with Gasteiger partial charge >= 0.3 is 0 Å². The van der Waals surface area contributed by atoms with Crippen molar-refractivity contribution in [3.63, 3.8) is 0 Å². The molecule has 1 aliphatic heterocycles. The van der Waals surface area contributed by atoms with Crippen LogP contribution in [-0.2, 0) is 6.42 Å². The summed E-state index contributed by atoms with van der Waals surface area (Å²) in [5.74, 6) is 0.266. The number of benzene rings is 1. The lowest BCUT2D eigenvalue weighted by Crippen LogP contribution is -2.36. The molecule has 2 aliphatic rings. The van der Waals surface area contributed by atoms with Gasteiger partial charge in [-0.2, -0.15) is 0 Å². The van der Waals surface area contributed by atoms with Crippen LogP contribution in [0.1, 0.15) is 34.1 Å². The maximum Gasteiger partial charge on any atom is 0.255 e. The molecule has 0 saturated heterocycles. The second-order valence-corrected chi connectivity index (χ2v) is 7.66. The van der Waals surface area contributed by atoms with Crippen molar-refractivity contribution in [1.82, 2.24) is 19.9 Å². The van der Waals surface area contributed by atoms with E-state index in [2.05, 4.69) is 15.3 Å². The summed E-state index contributed by atoms with van der Waals surface area (Å²) in [6, 6.07) is 7.02. The minimum atomic E-state index is -1.08. The third-order valence-corrected chi connectivity index (χ3v) is 5.96. The number of rotatable bonds is 3. The summed E-state index contributed by atoms with van der Waals surface area (Å²) in [6.45, 7) is 2.51. The molecule has 1 unspecified atom stereocenters. The molecule has 8 heteroatoms. The van der Waals surface area contributed by atoms with Crippen molar-refractivity contribution in [2.45, 2.75) is 44.1 Å². The predicted octanol–water partition coefficient (Wildman–Crippen LogP) is 1.14. The van der Waals surface area contributed by atoms with Crippen LogP contribution in [0.3, 0.4) is 0 Å². The fraction of sp³-hybridized carbons (Fsp3) is 0.381. The highest BCUT2D eigenvalue weighted by Gasteiger charge is 2.44. The van der Waals surface area contributed by atoms with Crippen LogP contribution in [0.4, 0.5) is 0 Å². The normalized spacial score (nSPS) is 26.4. The van der Waals surface area contributed by atoms with E-state index >= 15 is 0 Å². The van der Waals surface area contributed by atoms with E-state index in [1.165, 1.54) is 6.33 Å². The van der Waals surface area contributed by atoms with Gasteiger partial charge in [0.1, 0.15) is 36.0 Å². The maximum atomic E-state index is 12.3. The molecule has 4 atom stereocenters. The van der Waals surface area contributed by atoms with E-state index in [0.29, 0.717) is 29.9 Å². The van der Waals surface area contributed by atoms with Crippen molar-refractivity contribution >= 4 is 16.9 Å². The Hall–Kier alpha value is -2.97. The van der Waals surface area contributed by atoms with E-state index in [9.17, 15) is 15.0 Å². The second kappa shape index (κ2) is 6.82. The van der Waals surface area contributed by atoms with Crippen LogP contribution in [0.15, 0.2) is 36.8 Å². The lowest BCUT2D eigenvalue weighted by atomic mass is 9.99. The fourth-order valence-corrected chi connectivity index (χ4v) is 4.43. The Kier molecular flexibility index (Phi) is 4.25. The summed E-state index contributed by atoms with van der Waals surface area (Å²) >= 11 is 0. The smallest absolute Gasteiger partial charge is 0.255 e. The molecule has 1 aliphatic carbocycles. The first-order valence-corrected chi connectivity index (χ1v) is 9.75. The van der Waals surface area contributed by atoms with Gasteiger partial charge in [0, 0.05) is 24.5 Å². The molecule has 150 valence electrons. The molecular weight excluding hydrogens is 372 g/mol. The molecule has 0 bridgehead atoms. The fourth-order valence-electron chi connectivity index (χ4n) is 4.43. The van der Waals surface area contributed by atoms with Crippen LogP contribution in [0.2, 0.25) is 0 Å². The molecule has 1 saturated carbocycles. The number of carbonyl (C=O) groups is 1. The Labute approximate surface area is 167 Å². The zero-order valence-corrected chi connectivity index (χ0v) is 15.9. The van der Waals surface area contributed by atoms with Gasteiger partial charge in [-0.1, -0.05) is 12.1 Å². The largest absolute Gasteiger partial charge is 0.487 e. The quantitative estimate of drug-likeness (QED) is 0.615. The Morgan fingerprint density at radius 2 is 2.07 bits per heavy atom. The molecule has 2 aromatic heterocycles. The Morgan fingerprint density at radius 1 is 1.21 bits per heavy atom. The molecule has 1 amide bonds. The van der Waals surface area contributed by atoms with Crippen LogP contribution >= 0.6 is 0 Å². The molecule has 1 aromatic carbocycles. The van der Waals surface area contributed by atoms with Gasteiger partial charge in [-0.15, -0.1) is 0 Å². The number of aromatic nitrogens is 3. The van der Waals surface area contributed by atoms with E-state index in [1.54, 1.807) is 6.07 Å².